The van der Waals surface area contributed by atoms with E-state index in [0.29, 0.717) is 5.96 Å². The van der Waals surface area contributed by atoms with Crippen molar-refractivity contribution in [1.29, 1.82) is 0 Å². The third-order valence-electron chi connectivity index (χ3n) is 3.61. The lowest BCUT2D eigenvalue weighted by molar-refractivity contribution is 0.133. The smallest absolute Gasteiger partial charge is 0.213 e. The van der Waals surface area contributed by atoms with E-state index in [0.717, 1.165) is 32.2 Å². The van der Waals surface area contributed by atoms with Crippen molar-refractivity contribution in [2.45, 2.75) is 31.7 Å². The number of nitrogens with two attached hydrogens (primary N) is 2. The highest BCUT2D eigenvalue weighted by Crippen LogP contribution is 2.24. The van der Waals surface area contributed by atoms with Crippen LogP contribution in [0.4, 0.5) is 0 Å². The molecular weight excluding hydrogens is 190 g/mol. The molecule has 5 heteroatoms. The van der Waals surface area contributed by atoms with Crippen LogP contribution in [0.2, 0.25) is 0 Å². The normalized spacial score (nSPS) is 26.1. The first-order valence-corrected chi connectivity index (χ1v) is 5.83. The molecule has 0 aromatic rings. The second-order valence-corrected chi connectivity index (χ2v) is 4.45. The molecule has 2 aliphatic rings. The largest absolute Gasteiger partial charge is 0.368 e. The Morgan fingerprint density at radius 3 is 2.20 bits per heavy atom. The minimum Gasteiger partial charge on any atom is -0.368 e. The molecule has 5 nitrogen and oxygen atoms in total. The zero-order valence-electron chi connectivity index (χ0n) is 9.23. The molecule has 15 heavy (non-hydrogen) atoms. The Hall–Kier alpha value is -0.970. The van der Waals surface area contributed by atoms with Crippen LogP contribution < -0.4 is 11.6 Å². The molecule has 0 aromatic carbocycles. The average Bonchev–Trinajstić information content (AvgIpc) is 2.82. The molecule has 2 rings (SSSR count). The van der Waals surface area contributed by atoms with Crippen molar-refractivity contribution in [3.05, 3.63) is 0 Å². The quantitative estimate of drug-likeness (QED) is 0.271. The number of nitrogens with zero attached hydrogens (tertiary/aromatic N) is 3. The van der Waals surface area contributed by atoms with Crippen LogP contribution in [0, 0.1) is 0 Å². The monoisotopic (exact) mass is 211 g/mol. The van der Waals surface area contributed by atoms with E-state index < -0.39 is 0 Å². The number of hydrazone groups is 1. The zero-order valence-corrected chi connectivity index (χ0v) is 9.23. The number of rotatable bonds is 1. The van der Waals surface area contributed by atoms with E-state index in [1.807, 2.05) is 0 Å². The van der Waals surface area contributed by atoms with Crippen molar-refractivity contribution in [3.63, 3.8) is 0 Å². The molecule has 0 spiro atoms. The van der Waals surface area contributed by atoms with Gasteiger partial charge in [-0.1, -0.05) is 12.8 Å². The molecule has 2 fully saturated rings. The molecule has 0 radical (unpaired) electrons. The Morgan fingerprint density at radius 2 is 1.67 bits per heavy atom. The lowest BCUT2D eigenvalue weighted by Gasteiger charge is -2.38. The highest BCUT2D eigenvalue weighted by molar-refractivity contribution is 5.77. The Morgan fingerprint density at radius 1 is 1.07 bits per heavy atom. The van der Waals surface area contributed by atoms with Crippen LogP contribution in [0.5, 0.6) is 0 Å². The van der Waals surface area contributed by atoms with E-state index >= 15 is 0 Å². The Kier molecular flexibility index (Phi) is 3.30. The van der Waals surface area contributed by atoms with Gasteiger partial charge < -0.3 is 16.5 Å². The number of hydrogen-bond acceptors (Lipinski definition) is 3. The zero-order chi connectivity index (χ0) is 10.7. The highest BCUT2D eigenvalue weighted by Gasteiger charge is 2.26. The summed E-state index contributed by atoms with van der Waals surface area (Å²) in [6, 6.07) is 0.822. The van der Waals surface area contributed by atoms with Gasteiger partial charge in [-0.25, -0.2) is 0 Å². The van der Waals surface area contributed by atoms with Gasteiger partial charge in [0.1, 0.15) is 0 Å². The maximum absolute atomic E-state index is 5.68. The summed E-state index contributed by atoms with van der Waals surface area (Å²) in [5.74, 6) is 5.64. The predicted molar refractivity (Wildman–Crippen MR) is 61.2 cm³/mol. The topological polar surface area (TPSA) is 70.9 Å². The van der Waals surface area contributed by atoms with E-state index in [1.165, 1.54) is 25.7 Å². The van der Waals surface area contributed by atoms with Crippen molar-refractivity contribution in [2.24, 2.45) is 16.7 Å². The molecule has 86 valence electrons. The second-order valence-electron chi connectivity index (χ2n) is 4.45. The van der Waals surface area contributed by atoms with Gasteiger partial charge in [-0.15, -0.1) is 5.10 Å². The van der Waals surface area contributed by atoms with E-state index in [9.17, 15) is 0 Å². The minimum atomic E-state index is 0.473. The van der Waals surface area contributed by atoms with Crippen LogP contribution in [-0.2, 0) is 0 Å². The molecular formula is C10H21N5. The molecule has 4 N–H and O–H groups in total. The molecule has 1 aliphatic carbocycles. The van der Waals surface area contributed by atoms with E-state index in [-0.39, 0.29) is 0 Å². The van der Waals surface area contributed by atoms with Crippen LogP contribution in [0.25, 0.3) is 0 Å². The Balaban J connectivity index is 1.81. The first kappa shape index (κ1) is 10.5. The lowest BCUT2D eigenvalue weighted by Crippen LogP contribution is -2.53. The van der Waals surface area contributed by atoms with Crippen LogP contribution in [0.15, 0.2) is 5.10 Å². The third-order valence-corrected chi connectivity index (χ3v) is 3.61. The summed E-state index contributed by atoms with van der Waals surface area (Å²) in [7, 11) is 0. The fourth-order valence-corrected chi connectivity index (χ4v) is 2.67. The van der Waals surface area contributed by atoms with Crippen molar-refractivity contribution in [3.8, 4) is 0 Å². The summed E-state index contributed by atoms with van der Waals surface area (Å²) in [6.45, 7) is 4.12. The van der Waals surface area contributed by atoms with Gasteiger partial charge in [0.2, 0.25) is 5.96 Å². The van der Waals surface area contributed by atoms with Crippen molar-refractivity contribution in [2.75, 3.05) is 26.2 Å². The maximum atomic E-state index is 5.68. The van der Waals surface area contributed by atoms with Gasteiger partial charge in [0, 0.05) is 32.2 Å². The van der Waals surface area contributed by atoms with Crippen molar-refractivity contribution >= 4 is 5.96 Å². The van der Waals surface area contributed by atoms with E-state index in [2.05, 4.69) is 14.9 Å². The van der Waals surface area contributed by atoms with E-state index in [1.54, 1.807) is 0 Å². The lowest BCUT2D eigenvalue weighted by atomic mass is 10.2. The summed E-state index contributed by atoms with van der Waals surface area (Å²) < 4.78 is 0. The molecule has 1 aliphatic heterocycles. The summed E-state index contributed by atoms with van der Waals surface area (Å²) in [5.41, 5.74) is 5.68. The molecule has 0 aromatic heterocycles. The molecule has 0 bridgehead atoms. The Labute approximate surface area is 91.1 Å². The summed E-state index contributed by atoms with van der Waals surface area (Å²) in [5, 5.41) is 3.54. The SMILES string of the molecule is NN=C(N)N1CCN(C2CCCC2)CC1. The van der Waals surface area contributed by atoms with Gasteiger partial charge in [-0.3, -0.25) is 4.90 Å². The van der Waals surface area contributed by atoms with Crippen LogP contribution in [-0.4, -0.2) is 48.0 Å². The van der Waals surface area contributed by atoms with Gasteiger partial charge in [-0.05, 0) is 12.8 Å². The summed E-state index contributed by atoms with van der Waals surface area (Å²) >= 11 is 0. The summed E-state index contributed by atoms with van der Waals surface area (Å²) in [6.07, 6.45) is 5.55. The van der Waals surface area contributed by atoms with Crippen molar-refractivity contribution in [1.82, 2.24) is 9.80 Å². The average molecular weight is 211 g/mol. The Bertz CT molecular complexity index is 226. The number of piperazine rings is 1. The molecule has 0 atom stereocenters. The van der Waals surface area contributed by atoms with Gasteiger partial charge >= 0.3 is 0 Å². The molecule has 1 saturated carbocycles. The number of guanidine groups is 1. The highest BCUT2D eigenvalue weighted by atomic mass is 15.4. The van der Waals surface area contributed by atoms with Crippen molar-refractivity contribution < 1.29 is 0 Å². The molecule has 1 saturated heterocycles. The van der Waals surface area contributed by atoms with Crippen LogP contribution in [0.1, 0.15) is 25.7 Å². The molecule has 0 unspecified atom stereocenters. The molecule has 0 amide bonds. The van der Waals surface area contributed by atoms with Gasteiger partial charge in [-0.2, -0.15) is 0 Å². The standard InChI is InChI=1S/C10H21N5/c11-10(13-12)15-7-5-14(6-8-15)9-3-1-2-4-9/h9H,1-8,12H2,(H2,11,13). The first-order chi connectivity index (χ1) is 7.31. The fourth-order valence-electron chi connectivity index (χ4n) is 2.67. The fraction of sp³-hybridized carbons (Fsp3) is 0.900. The summed E-state index contributed by atoms with van der Waals surface area (Å²) in [4.78, 5) is 4.65. The third kappa shape index (κ3) is 2.34. The predicted octanol–water partition coefficient (Wildman–Crippen LogP) is -0.265. The maximum Gasteiger partial charge on any atom is 0.213 e. The first-order valence-electron chi connectivity index (χ1n) is 5.83. The second kappa shape index (κ2) is 4.70. The minimum absolute atomic E-state index is 0.473. The van der Waals surface area contributed by atoms with Gasteiger partial charge in [0.15, 0.2) is 0 Å². The van der Waals surface area contributed by atoms with Gasteiger partial charge in [0.25, 0.3) is 0 Å². The molecule has 1 heterocycles. The van der Waals surface area contributed by atoms with Gasteiger partial charge in [0.05, 0.1) is 0 Å². The van der Waals surface area contributed by atoms with Crippen LogP contribution in [0.3, 0.4) is 0 Å². The van der Waals surface area contributed by atoms with E-state index in [4.69, 9.17) is 11.6 Å². The number of hydrogen-bond donors (Lipinski definition) is 2. The van der Waals surface area contributed by atoms with Crippen LogP contribution >= 0.6 is 0 Å².